The Labute approximate surface area is 230 Å². The van der Waals surface area contributed by atoms with Crippen molar-refractivity contribution < 1.29 is 28.0 Å². The van der Waals surface area contributed by atoms with Crippen LogP contribution in [0.2, 0.25) is 0 Å². The van der Waals surface area contributed by atoms with Crippen molar-refractivity contribution in [3.8, 4) is 5.75 Å². The second kappa shape index (κ2) is 11.3. The number of carbonyl (C=O) groups is 2. The fourth-order valence-electron chi connectivity index (χ4n) is 4.94. The van der Waals surface area contributed by atoms with Gasteiger partial charge in [-0.15, -0.1) is 4.59 Å². The topological polar surface area (TPSA) is 132 Å². The minimum Gasteiger partial charge on any atom is -0.497 e. The van der Waals surface area contributed by atoms with Gasteiger partial charge in [-0.1, -0.05) is 6.08 Å². The van der Waals surface area contributed by atoms with Gasteiger partial charge in [0.2, 0.25) is 11.6 Å². The Balaban J connectivity index is 1.44. The summed E-state index contributed by atoms with van der Waals surface area (Å²) in [4.78, 5) is 40.6. The lowest BCUT2D eigenvalue weighted by molar-refractivity contribution is -0.750. The molecular weight excluding hydrogens is 517 g/mol. The molecule has 0 bridgehead atoms. The zero-order chi connectivity index (χ0) is 28.3. The highest BCUT2D eigenvalue weighted by atomic mass is 19.1. The van der Waals surface area contributed by atoms with Crippen LogP contribution >= 0.6 is 0 Å². The maximum absolute atomic E-state index is 15.3. The molecule has 3 aliphatic rings. The number of benzene rings is 1. The second-order valence-corrected chi connectivity index (χ2v) is 9.34. The summed E-state index contributed by atoms with van der Waals surface area (Å²) in [5.41, 5.74) is 1.41. The lowest BCUT2D eigenvalue weighted by Crippen LogP contribution is -2.53. The molecule has 2 atom stereocenters. The first-order chi connectivity index (χ1) is 19.4. The number of anilines is 1. The van der Waals surface area contributed by atoms with Gasteiger partial charge in [-0.25, -0.2) is 9.37 Å². The standard InChI is InChI=1S/C28H28FN7O4/c1-39-14-4-6-25(37)35-12-3-5-22(35)26-23-17-31-11-13-36(23,30)27(34-26)18-7-8-20(21(29)15-18)28(38)33-24-16-19(40-2)9-10-32-24/h4,6-11,13,15-17,22H,3,5,12,14,30H2,1-2H3/p+1/b6-4+. The van der Waals surface area contributed by atoms with Crippen LogP contribution in [0.25, 0.3) is 0 Å². The van der Waals surface area contributed by atoms with Crippen molar-refractivity contribution in [3.05, 3.63) is 89.4 Å². The number of nitrogens with zero attached hydrogens (tertiary/aromatic N) is 5. The highest BCUT2D eigenvalue weighted by Gasteiger charge is 2.48. The zero-order valence-electron chi connectivity index (χ0n) is 22.1. The Morgan fingerprint density at radius 3 is 2.90 bits per heavy atom. The molecule has 206 valence electrons. The van der Waals surface area contributed by atoms with Gasteiger partial charge in [0, 0.05) is 32.0 Å². The molecule has 40 heavy (non-hydrogen) atoms. The molecule has 0 radical (unpaired) electrons. The number of rotatable bonds is 8. The van der Waals surface area contributed by atoms with Crippen molar-refractivity contribution in [2.75, 3.05) is 32.7 Å². The Morgan fingerprint density at radius 2 is 2.12 bits per heavy atom. The third-order valence-electron chi connectivity index (χ3n) is 6.88. The Hall–Kier alpha value is -4.52. The number of fused-ring (bicyclic) bond motifs is 1. The summed E-state index contributed by atoms with van der Waals surface area (Å²) in [5, 5.41) is 2.58. The molecule has 0 spiro atoms. The fourth-order valence-corrected chi connectivity index (χ4v) is 4.94. The molecule has 2 aromatic rings. The van der Waals surface area contributed by atoms with Crippen molar-refractivity contribution in [2.24, 2.45) is 15.8 Å². The van der Waals surface area contributed by atoms with Gasteiger partial charge in [-0.3, -0.25) is 14.6 Å². The summed E-state index contributed by atoms with van der Waals surface area (Å²) in [5.74, 6) is 6.32. The minimum atomic E-state index is -0.752. The molecule has 4 heterocycles. The van der Waals surface area contributed by atoms with E-state index in [9.17, 15) is 9.59 Å². The number of carbonyl (C=O) groups excluding carboxylic acids is 2. The Bertz CT molecular complexity index is 1500. The average molecular weight is 547 g/mol. The summed E-state index contributed by atoms with van der Waals surface area (Å²) in [7, 11) is 3.05. The molecule has 0 aliphatic carbocycles. The van der Waals surface area contributed by atoms with Crippen LogP contribution in [0.15, 0.2) is 82.5 Å². The first-order valence-electron chi connectivity index (χ1n) is 12.7. The van der Waals surface area contributed by atoms with E-state index in [1.54, 1.807) is 48.8 Å². The van der Waals surface area contributed by atoms with Crippen molar-refractivity contribution in [3.63, 3.8) is 0 Å². The van der Waals surface area contributed by atoms with Gasteiger partial charge in [0.15, 0.2) is 0 Å². The number of halogens is 1. The van der Waals surface area contributed by atoms with E-state index in [4.69, 9.17) is 20.3 Å². The molecule has 1 saturated heterocycles. The summed E-state index contributed by atoms with van der Waals surface area (Å²) < 4.78 is 25.1. The molecule has 2 unspecified atom stereocenters. The van der Waals surface area contributed by atoms with E-state index >= 15 is 4.39 Å². The SMILES string of the molecule is COC/C=C/C(=O)N1CCCC1C1=C2C=NC=C[N+]2(N)C(c2ccc(C(=O)Nc3cc(OC)ccn3)c(F)c2)=N1. The Morgan fingerprint density at radius 1 is 1.27 bits per heavy atom. The van der Waals surface area contributed by atoms with Gasteiger partial charge in [0.25, 0.3) is 11.7 Å². The third-order valence-corrected chi connectivity index (χ3v) is 6.88. The first kappa shape index (κ1) is 27.1. The third kappa shape index (κ3) is 5.07. The van der Waals surface area contributed by atoms with Crippen LogP contribution in [-0.4, -0.2) is 71.8 Å². The minimum absolute atomic E-state index is 0.151. The zero-order valence-corrected chi connectivity index (χ0v) is 22.1. The number of aliphatic imine (C=N–C) groups is 2. The lowest BCUT2D eigenvalue weighted by Gasteiger charge is -2.27. The molecule has 1 aromatic carbocycles. The van der Waals surface area contributed by atoms with Crippen LogP contribution in [0.3, 0.4) is 0 Å². The van der Waals surface area contributed by atoms with Crippen molar-refractivity contribution in [2.45, 2.75) is 18.9 Å². The van der Waals surface area contributed by atoms with E-state index in [1.165, 1.54) is 37.6 Å². The molecular formula is C28H29FN7O4+. The van der Waals surface area contributed by atoms with Crippen molar-refractivity contribution in [1.29, 1.82) is 0 Å². The number of likely N-dealkylation sites (tertiary alicyclic amines) is 1. The number of hydrogen-bond acceptors (Lipinski definition) is 8. The van der Waals surface area contributed by atoms with Gasteiger partial charge in [-0.05, 0) is 37.1 Å². The van der Waals surface area contributed by atoms with E-state index in [0.717, 1.165) is 6.42 Å². The molecule has 12 heteroatoms. The number of hydrogen-bond donors (Lipinski definition) is 2. The summed E-state index contributed by atoms with van der Waals surface area (Å²) >= 11 is 0. The van der Waals surface area contributed by atoms with Gasteiger partial charge in [-0.2, -0.15) is 10.8 Å². The van der Waals surface area contributed by atoms with Crippen LogP contribution < -0.4 is 15.9 Å². The highest BCUT2D eigenvalue weighted by Crippen LogP contribution is 2.37. The summed E-state index contributed by atoms with van der Waals surface area (Å²) in [6.45, 7) is 0.900. The molecule has 3 N–H and O–H groups in total. The van der Waals surface area contributed by atoms with Gasteiger partial charge >= 0.3 is 0 Å². The summed E-state index contributed by atoms with van der Waals surface area (Å²) in [6.07, 6.45) is 10.9. The van der Waals surface area contributed by atoms with Crippen LogP contribution in [0.5, 0.6) is 5.75 Å². The number of amides is 2. The Kier molecular flexibility index (Phi) is 7.65. The van der Waals surface area contributed by atoms with E-state index in [1.807, 2.05) is 0 Å². The number of ether oxygens (including phenoxy) is 2. The largest absolute Gasteiger partial charge is 0.497 e. The van der Waals surface area contributed by atoms with E-state index in [2.05, 4.69) is 15.3 Å². The number of aromatic nitrogens is 1. The maximum Gasteiger partial charge on any atom is 0.265 e. The van der Waals surface area contributed by atoms with Crippen LogP contribution in [0.1, 0.15) is 28.8 Å². The van der Waals surface area contributed by atoms with E-state index in [0.29, 0.717) is 48.1 Å². The summed E-state index contributed by atoms with van der Waals surface area (Å²) in [6, 6.07) is 7.03. The van der Waals surface area contributed by atoms with Crippen LogP contribution in [0.4, 0.5) is 10.2 Å². The monoisotopic (exact) mass is 546 g/mol. The molecule has 1 aromatic heterocycles. The normalized spacial score (nSPS) is 21.6. The highest BCUT2D eigenvalue weighted by molar-refractivity contribution is 6.05. The lowest BCUT2D eigenvalue weighted by atomic mass is 10.1. The van der Waals surface area contributed by atoms with Gasteiger partial charge in [0.1, 0.15) is 29.3 Å². The first-order valence-corrected chi connectivity index (χ1v) is 12.7. The van der Waals surface area contributed by atoms with Crippen molar-refractivity contribution in [1.82, 2.24) is 9.88 Å². The van der Waals surface area contributed by atoms with E-state index in [-0.39, 0.29) is 27.9 Å². The molecule has 5 rings (SSSR count). The molecule has 1 fully saturated rings. The van der Waals surface area contributed by atoms with Gasteiger partial charge < -0.3 is 19.7 Å². The number of methoxy groups -OCH3 is 2. The number of pyridine rings is 1. The molecule has 3 aliphatic heterocycles. The number of nitrogens with two attached hydrogens (primary N) is 1. The van der Waals surface area contributed by atoms with Crippen LogP contribution in [-0.2, 0) is 9.53 Å². The van der Waals surface area contributed by atoms with Gasteiger partial charge in [0.05, 0.1) is 43.3 Å². The predicted octanol–water partition coefficient (Wildman–Crippen LogP) is 2.89. The number of amidine groups is 1. The molecule has 11 nitrogen and oxygen atoms in total. The smallest absolute Gasteiger partial charge is 0.265 e. The number of nitrogens with one attached hydrogen (secondary N) is 1. The fraction of sp³-hybridized carbons (Fsp3) is 0.250. The predicted molar refractivity (Wildman–Crippen MR) is 147 cm³/mol. The number of quaternary nitrogens is 1. The van der Waals surface area contributed by atoms with Crippen LogP contribution in [0, 0.1) is 5.82 Å². The maximum atomic E-state index is 15.3. The quantitative estimate of drug-likeness (QED) is 0.297. The van der Waals surface area contributed by atoms with E-state index < -0.39 is 11.7 Å². The number of allylic oxidation sites excluding steroid dienone is 1. The average Bonchev–Trinajstić information content (AvgIpc) is 3.55. The second-order valence-electron chi connectivity index (χ2n) is 9.34. The molecule has 2 amide bonds. The molecule has 0 saturated carbocycles. The van der Waals surface area contributed by atoms with Crippen molar-refractivity contribution >= 4 is 29.7 Å².